The highest BCUT2D eigenvalue weighted by atomic mass is 79.9. The van der Waals surface area contributed by atoms with Gasteiger partial charge in [0.1, 0.15) is 5.75 Å². The van der Waals surface area contributed by atoms with E-state index in [2.05, 4.69) is 15.9 Å². The molecule has 110 valence electrons. The number of alkyl halides is 1. The molecule has 0 atom stereocenters. The molecule has 0 unspecified atom stereocenters. The lowest BCUT2D eigenvalue weighted by Crippen LogP contribution is -2.33. The summed E-state index contributed by atoms with van der Waals surface area (Å²) in [6.45, 7) is 2.19. The van der Waals surface area contributed by atoms with Gasteiger partial charge in [-0.1, -0.05) is 46.8 Å². The summed E-state index contributed by atoms with van der Waals surface area (Å²) < 4.78 is 5.98. The molecule has 0 aliphatic heterocycles. The normalized spacial score (nSPS) is 17.8. The van der Waals surface area contributed by atoms with Crippen molar-refractivity contribution in [3.63, 3.8) is 0 Å². The van der Waals surface area contributed by atoms with Crippen LogP contribution in [0.15, 0.2) is 18.2 Å². The molecular formula is C16H20BrClO2. The molecule has 2 rings (SSSR count). The van der Waals surface area contributed by atoms with E-state index in [1.807, 2.05) is 0 Å². The van der Waals surface area contributed by atoms with Crippen molar-refractivity contribution < 1.29 is 9.53 Å². The first-order chi connectivity index (χ1) is 9.56. The van der Waals surface area contributed by atoms with Crippen LogP contribution in [0.3, 0.4) is 0 Å². The molecule has 20 heavy (non-hydrogen) atoms. The zero-order valence-corrected chi connectivity index (χ0v) is 14.1. The van der Waals surface area contributed by atoms with Crippen LogP contribution in [0.1, 0.15) is 49.4 Å². The molecule has 1 fully saturated rings. The van der Waals surface area contributed by atoms with E-state index in [1.165, 1.54) is 32.1 Å². The third-order valence-corrected chi connectivity index (χ3v) is 5.48. The van der Waals surface area contributed by atoms with Gasteiger partial charge in [0.2, 0.25) is 0 Å². The summed E-state index contributed by atoms with van der Waals surface area (Å²) in [5.74, 6) is 0.631. The Morgan fingerprint density at radius 3 is 2.65 bits per heavy atom. The summed E-state index contributed by atoms with van der Waals surface area (Å²) in [7, 11) is 0. The molecule has 0 bridgehead atoms. The van der Waals surface area contributed by atoms with E-state index in [9.17, 15) is 4.79 Å². The molecule has 2 nitrogen and oxygen atoms in total. The number of rotatable bonds is 5. The highest BCUT2D eigenvalue weighted by molar-refractivity contribution is 9.09. The monoisotopic (exact) mass is 358 g/mol. The average molecular weight is 360 g/mol. The molecule has 4 heteroatoms. The third-order valence-electron chi connectivity index (χ3n) is 4.05. The lowest BCUT2D eigenvalue weighted by atomic mass is 9.76. The minimum Gasteiger partial charge on any atom is -0.492 e. The van der Waals surface area contributed by atoms with Crippen molar-refractivity contribution in [2.75, 3.05) is 11.9 Å². The Bertz CT molecular complexity index is 481. The first-order valence-electron chi connectivity index (χ1n) is 7.06. The molecule has 0 spiro atoms. The van der Waals surface area contributed by atoms with Gasteiger partial charge in [-0.3, -0.25) is 4.79 Å². The van der Waals surface area contributed by atoms with E-state index < -0.39 is 0 Å². The maximum Gasteiger partial charge on any atom is 0.163 e. The van der Waals surface area contributed by atoms with Gasteiger partial charge in [0.05, 0.1) is 12.2 Å². The smallest absolute Gasteiger partial charge is 0.163 e. The summed E-state index contributed by atoms with van der Waals surface area (Å²) in [4.78, 5) is 11.7. The fourth-order valence-corrected chi connectivity index (χ4v) is 3.65. The van der Waals surface area contributed by atoms with Crippen LogP contribution in [0, 0.1) is 5.41 Å². The maximum atomic E-state index is 11.7. The number of Topliss-reactive ketones (excluding diaryl/α,β-unsaturated/α-hetero) is 1. The van der Waals surface area contributed by atoms with Crippen molar-refractivity contribution in [1.29, 1.82) is 0 Å². The van der Waals surface area contributed by atoms with Gasteiger partial charge in [-0.05, 0) is 38.0 Å². The van der Waals surface area contributed by atoms with Gasteiger partial charge >= 0.3 is 0 Å². The summed E-state index contributed by atoms with van der Waals surface area (Å²) in [5.41, 5.74) is 0.768. The Morgan fingerprint density at radius 2 is 2.05 bits per heavy atom. The summed E-state index contributed by atoms with van der Waals surface area (Å²) in [6, 6.07) is 5.25. The first kappa shape index (κ1) is 15.8. The Kier molecular flexibility index (Phi) is 5.50. The van der Waals surface area contributed by atoms with Crippen molar-refractivity contribution >= 4 is 33.3 Å². The molecule has 1 aliphatic rings. The highest BCUT2D eigenvalue weighted by Crippen LogP contribution is 2.38. The highest BCUT2D eigenvalue weighted by Gasteiger charge is 2.32. The number of ether oxygens (including phenoxy) is 1. The lowest BCUT2D eigenvalue weighted by molar-refractivity contribution is 0.0993. The van der Waals surface area contributed by atoms with E-state index >= 15 is 0 Å². The predicted octanol–water partition coefficient (Wildman–Crippen LogP) is 5.27. The van der Waals surface area contributed by atoms with Gasteiger partial charge in [0.25, 0.3) is 0 Å². The van der Waals surface area contributed by atoms with Crippen LogP contribution in [0.25, 0.3) is 0 Å². The van der Waals surface area contributed by atoms with Crippen molar-refractivity contribution in [1.82, 2.24) is 0 Å². The Labute approximate surface area is 134 Å². The standard InChI is InChI=1S/C16H20BrClO2/c1-12(19)14-9-13(18)5-6-15(14)20-11-16(10-17)7-3-2-4-8-16/h5-6,9H,2-4,7-8,10-11H2,1H3. The van der Waals surface area contributed by atoms with Gasteiger partial charge in [0.15, 0.2) is 5.78 Å². The molecule has 0 radical (unpaired) electrons. The average Bonchev–Trinajstić information content (AvgIpc) is 2.47. The molecule has 0 amide bonds. The quantitative estimate of drug-likeness (QED) is 0.529. The second-order valence-electron chi connectivity index (χ2n) is 5.68. The van der Waals surface area contributed by atoms with Crippen LogP contribution in [-0.4, -0.2) is 17.7 Å². The summed E-state index contributed by atoms with van der Waals surface area (Å²) in [5, 5.41) is 1.51. The molecule has 0 aromatic heterocycles. The van der Waals surface area contributed by atoms with Gasteiger partial charge in [-0.2, -0.15) is 0 Å². The van der Waals surface area contributed by atoms with E-state index in [4.69, 9.17) is 16.3 Å². The van der Waals surface area contributed by atoms with E-state index in [0.717, 1.165) is 5.33 Å². The van der Waals surface area contributed by atoms with Crippen LogP contribution in [0.2, 0.25) is 5.02 Å². The Hall–Kier alpha value is -0.540. The summed E-state index contributed by atoms with van der Waals surface area (Å²) in [6.07, 6.45) is 6.20. The zero-order valence-electron chi connectivity index (χ0n) is 11.8. The molecule has 0 saturated heterocycles. The van der Waals surface area contributed by atoms with Gasteiger partial charge < -0.3 is 4.74 Å². The topological polar surface area (TPSA) is 26.3 Å². The van der Waals surface area contributed by atoms with E-state index in [1.54, 1.807) is 25.1 Å². The molecule has 0 heterocycles. The Morgan fingerprint density at radius 1 is 1.35 bits per heavy atom. The van der Waals surface area contributed by atoms with Crippen LogP contribution in [-0.2, 0) is 0 Å². The summed E-state index contributed by atoms with van der Waals surface area (Å²) >= 11 is 9.58. The fourth-order valence-electron chi connectivity index (χ4n) is 2.75. The van der Waals surface area contributed by atoms with Gasteiger partial charge in [-0.25, -0.2) is 0 Å². The number of ketones is 1. The van der Waals surface area contributed by atoms with E-state index in [0.29, 0.717) is 22.9 Å². The largest absolute Gasteiger partial charge is 0.492 e. The number of halogens is 2. The third kappa shape index (κ3) is 3.76. The minimum absolute atomic E-state index is 0.0148. The lowest BCUT2D eigenvalue weighted by Gasteiger charge is -2.35. The molecule has 0 N–H and O–H groups in total. The van der Waals surface area contributed by atoms with Crippen LogP contribution in [0.4, 0.5) is 0 Å². The Balaban J connectivity index is 2.11. The van der Waals surface area contributed by atoms with Crippen LogP contribution < -0.4 is 4.74 Å². The number of hydrogen-bond acceptors (Lipinski definition) is 2. The zero-order chi connectivity index (χ0) is 14.6. The maximum absolute atomic E-state index is 11.7. The molecule has 1 saturated carbocycles. The fraction of sp³-hybridized carbons (Fsp3) is 0.562. The van der Waals surface area contributed by atoms with Crippen molar-refractivity contribution in [3.8, 4) is 5.75 Å². The second kappa shape index (κ2) is 6.95. The van der Waals surface area contributed by atoms with E-state index in [-0.39, 0.29) is 11.2 Å². The van der Waals surface area contributed by atoms with Crippen molar-refractivity contribution in [2.45, 2.75) is 39.0 Å². The number of benzene rings is 1. The van der Waals surface area contributed by atoms with Crippen LogP contribution >= 0.6 is 27.5 Å². The van der Waals surface area contributed by atoms with Crippen molar-refractivity contribution in [3.05, 3.63) is 28.8 Å². The SMILES string of the molecule is CC(=O)c1cc(Cl)ccc1OCC1(CBr)CCCCC1. The molecule has 1 aromatic rings. The second-order valence-corrected chi connectivity index (χ2v) is 6.68. The molecular weight excluding hydrogens is 340 g/mol. The molecule has 1 aliphatic carbocycles. The van der Waals surface area contributed by atoms with Gasteiger partial charge in [-0.15, -0.1) is 0 Å². The van der Waals surface area contributed by atoms with Gasteiger partial charge in [0, 0.05) is 15.8 Å². The number of carbonyl (C=O) groups is 1. The minimum atomic E-state index is -0.0148. The van der Waals surface area contributed by atoms with Crippen LogP contribution in [0.5, 0.6) is 5.75 Å². The first-order valence-corrected chi connectivity index (χ1v) is 8.55. The van der Waals surface area contributed by atoms with Crippen molar-refractivity contribution in [2.24, 2.45) is 5.41 Å². The number of carbonyl (C=O) groups excluding carboxylic acids is 1. The predicted molar refractivity (Wildman–Crippen MR) is 86.3 cm³/mol. The molecule has 1 aromatic carbocycles. The number of hydrogen-bond donors (Lipinski definition) is 0.